The van der Waals surface area contributed by atoms with Crippen molar-refractivity contribution in [2.45, 2.75) is 19.3 Å². The molecule has 0 N–H and O–H groups in total. The summed E-state index contributed by atoms with van der Waals surface area (Å²) in [5.74, 6) is 1.23. The zero-order valence-electron chi connectivity index (χ0n) is 9.45. The molecule has 1 aromatic carbocycles. The van der Waals surface area contributed by atoms with Crippen LogP contribution in [0.1, 0.15) is 28.8 Å². The molecule has 0 unspecified atom stereocenters. The number of Topliss-reactive ketones (excluding diaryl/α,β-unsaturated/α-hetero) is 1. The van der Waals surface area contributed by atoms with Crippen LogP contribution in [-0.4, -0.2) is 26.0 Å². The van der Waals surface area contributed by atoms with Crippen molar-refractivity contribution in [3.8, 4) is 5.75 Å². The van der Waals surface area contributed by atoms with Gasteiger partial charge in [0, 0.05) is 37.6 Å². The quantitative estimate of drug-likeness (QED) is 0.666. The van der Waals surface area contributed by atoms with E-state index in [1.807, 2.05) is 12.1 Å². The van der Waals surface area contributed by atoms with Crippen LogP contribution in [0.25, 0.3) is 0 Å². The summed E-state index contributed by atoms with van der Waals surface area (Å²) in [6, 6.07) is 3.86. The van der Waals surface area contributed by atoms with Crippen LogP contribution in [-0.2, 0) is 6.42 Å². The highest BCUT2D eigenvalue weighted by Gasteiger charge is 2.26. The van der Waals surface area contributed by atoms with Gasteiger partial charge in [-0.15, -0.1) is 0 Å². The van der Waals surface area contributed by atoms with E-state index >= 15 is 0 Å². The first-order valence-corrected chi connectivity index (χ1v) is 5.80. The summed E-state index contributed by atoms with van der Waals surface area (Å²) >= 11 is 0. The van der Waals surface area contributed by atoms with E-state index in [2.05, 4.69) is 11.9 Å². The molecule has 3 heteroatoms. The summed E-state index contributed by atoms with van der Waals surface area (Å²) < 4.78 is 5.55. The van der Waals surface area contributed by atoms with Crippen LogP contribution in [0.5, 0.6) is 5.75 Å². The molecule has 2 aliphatic heterocycles. The van der Waals surface area contributed by atoms with Gasteiger partial charge in [-0.25, -0.2) is 0 Å². The predicted molar refractivity (Wildman–Crippen MR) is 62.5 cm³/mol. The SMILES string of the molecule is CN1CCCC(=O)c2ccc3c(c21)CCO3. The lowest BCUT2D eigenvalue weighted by molar-refractivity contribution is 0.0984. The first kappa shape index (κ1) is 9.70. The molecule has 84 valence electrons. The zero-order valence-corrected chi connectivity index (χ0v) is 9.45. The molecule has 0 radical (unpaired) electrons. The van der Waals surface area contributed by atoms with Crippen molar-refractivity contribution in [1.82, 2.24) is 0 Å². The maximum absolute atomic E-state index is 12.0. The number of fused-ring (bicyclic) bond motifs is 3. The molecule has 0 aliphatic carbocycles. The number of hydrogen-bond donors (Lipinski definition) is 0. The summed E-state index contributed by atoms with van der Waals surface area (Å²) in [5.41, 5.74) is 3.21. The number of ether oxygens (including phenoxy) is 1. The van der Waals surface area contributed by atoms with Crippen LogP contribution in [0.3, 0.4) is 0 Å². The Bertz CT molecular complexity index is 453. The standard InChI is InChI=1S/C13H15NO2/c1-14-7-2-3-11(15)9-4-5-12-10(13(9)14)6-8-16-12/h4-5H,2-3,6-8H2,1H3. The Kier molecular flexibility index (Phi) is 2.13. The van der Waals surface area contributed by atoms with Crippen molar-refractivity contribution in [2.75, 3.05) is 25.1 Å². The Hall–Kier alpha value is -1.51. The molecule has 0 saturated heterocycles. The predicted octanol–water partition coefficient (Wildman–Crippen LogP) is 2.03. The number of rotatable bonds is 0. The van der Waals surface area contributed by atoms with Crippen LogP contribution in [0.15, 0.2) is 12.1 Å². The molecule has 2 aliphatic rings. The van der Waals surface area contributed by atoms with E-state index < -0.39 is 0 Å². The number of benzene rings is 1. The summed E-state index contributed by atoms with van der Waals surface area (Å²) in [6.45, 7) is 1.70. The van der Waals surface area contributed by atoms with E-state index in [-0.39, 0.29) is 5.78 Å². The molecule has 0 spiro atoms. The van der Waals surface area contributed by atoms with E-state index in [1.165, 1.54) is 5.56 Å². The highest BCUT2D eigenvalue weighted by atomic mass is 16.5. The number of carbonyl (C=O) groups excluding carboxylic acids is 1. The van der Waals surface area contributed by atoms with Gasteiger partial charge in [0.05, 0.1) is 12.3 Å². The lowest BCUT2D eigenvalue weighted by Crippen LogP contribution is -2.19. The van der Waals surface area contributed by atoms with Crippen molar-refractivity contribution in [3.05, 3.63) is 23.3 Å². The molecule has 3 rings (SSSR count). The normalized spacial score (nSPS) is 18.8. The number of anilines is 1. The van der Waals surface area contributed by atoms with Gasteiger partial charge in [-0.1, -0.05) is 0 Å². The summed E-state index contributed by atoms with van der Waals surface area (Å²) in [7, 11) is 2.07. The highest BCUT2D eigenvalue weighted by molar-refractivity contribution is 6.03. The van der Waals surface area contributed by atoms with Gasteiger partial charge in [-0.3, -0.25) is 4.79 Å². The van der Waals surface area contributed by atoms with Gasteiger partial charge in [0.1, 0.15) is 5.75 Å². The average molecular weight is 217 g/mol. The fourth-order valence-corrected chi connectivity index (χ4v) is 2.64. The van der Waals surface area contributed by atoms with E-state index in [4.69, 9.17) is 4.74 Å². The molecular weight excluding hydrogens is 202 g/mol. The van der Waals surface area contributed by atoms with Crippen molar-refractivity contribution in [3.63, 3.8) is 0 Å². The minimum atomic E-state index is 0.272. The lowest BCUT2D eigenvalue weighted by atomic mass is 10.0. The highest BCUT2D eigenvalue weighted by Crippen LogP contribution is 2.38. The summed E-state index contributed by atoms with van der Waals surface area (Å²) in [5, 5.41) is 0. The van der Waals surface area contributed by atoms with Gasteiger partial charge in [-0.05, 0) is 18.6 Å². The molecule has 3 nitrogen and oxygen atoms in total. The van der Waals surface area contributed by atoms with Crippen LogP contribution in [0, 0.1) is 0 Å². The molecule has 1 aromatic rings. The maximum atomic E-state index is 12.0. The molecule has 2 heterocycles. The smallest absolute Gasteiger partial charge is 0.165 e. The second-order valence-electron chi connectivity index (χ2n) is 4.49. The van der Waals surface area contributed by atoms with Crippen LogP contribution in [0.2, 0.25) is 0 Å². The Labute approximate surface area is 95.0 Å². The Balaban J connectivity index is 2.22. The van der Waals surface area contributed by atoms with Crippen LogP contribution in [0.4, 0.5) is 5.69 Å². The molecule has 0 aromatic heterocycles. The Morgan fingerprint density at radius 1 is 1.31 bits per heavy atom. The van der Waals surface area contributed by atoms with E-state index in [9.17, 15) is 4.79 Å². The van der Waals surface area contributed by atoms with Gasteiger partial charge in [0.25, 0.3) is 0 Å². The molecule has 16 heavy (non-hydrogen) atoms. The topological polar surface area (TPSA) is 29.5 Å². The Morgan fingerprint density at radius 3 is 3.06 bits per heavy atom. The molecule has 0 saturated carbocycles. The first-order valence-electron chi connectivity index (χ1n) is 5.80. The van der Waals surface area contributed by atoms with Crippen molar-refractivity contribution >= 4 is 11.5 Å². The zero-order chi connectivity index (χ0) is 11.1. The number of ketones is 1. The second kappa shape index (κ2) is 3.51. The third kappa shape index (κ3) is 1.31. The first-order chi connectivity index (χ1) is 7.77. The fourth-order valence-electron chi connectivity index (χ4n) is 2.64. The van der Waals surface area contributed by atoms with Gasteiger partial charge in [0.15, 0.2) is 5.78 Å². The Morgan fingerprint density at radius 2 is 2.19 bits per heavy atom. The molecule has 0 bridgehead atoms. The van der Waals surface area contributed by atoms with Crippen LogP contribution < -0.4 is 9.64 Å². The van der Waals surface area contributed by atoms with Gasteiger partial charge >= 0.3 is 0 Å². The third-order valence-electron chi connectivity index (χ3n) is 3.43. The fraction of sp³-hybridized carbons (Fsp3) is 0.462. The van der Waals surface area contributed by atoms with E-state index in [1.54, 1.807) is 0 Å². The molecule has 0 fully saturated rings. The van der Waals surface area contributed by atoms with Crippen molar-refractivity contribution < 1.29 is 9.53 Å². The van der Waals surface area contributed by atoms with E-state index in [0.717, 1.165) is 43.0 Å². The minimum absolute atomic E-state index is 0.272. The summed E-state index contributed by atoms with van der Waals surface area (Å²) in [4.78, 5) is 14.2. The van der Waals surface area contributed by atoms with Gasteiger partial charge in [-0.2, -0.15) is 0 Å². The van der Waals surface area contributed by atoms with Crippen molar-refractivity contribution in [1.29, 1.82) is 0 Å². The van der Waals surface area contributed by atoms with Gasteiger partial charge in [0.2, 0.25) is 0 Å². The number of hydrogen-bond acceptors (Lipinski definition) is 3. The largest absolute Gasteiger partial charge is 0.493 e. The average Bonchev–Trinajstić information content (AvgIpc) is 2.69. The van der Waals surface area contributed by atoms with Crippen molar-refractivity contribution in [2.24, 2.45) is 0 Å². The van der Waals surface area contributed by atoms with E-state index in [0.29, 0.717) is 6.42 Å². The summed E-state index contributed by atoms with van der Waals surface area (Å²) in [6.07, 6.45) is 2.53. The monoisotopic (exact) mass is 217 g/mol. The molecular formula is C13H15NO2. The second-order valence-corrected chi connectivity index (χ2v) is 4.49. The third-order valence-corrected chi connectivity index (χ3v) is 3.43. The minimum Gasteiger partial charge on any atom is -0.493 e. The molecule has 0 amide bonds. The van der Waals surface area contributed by atoms with Gasteiger partial charge < -0.3 is 9.64 Å². The van der Waals surface area contributed by atoms with Crippen LogP contribution >= 0.6 is 0 Å². The number of nitrogens with zero attached hydrogens (tertiary/aromatic N) is 1. The number of carbonyl (C=O) groups is 1. The lowest BCUT2D eigenvalue weighted by Gasteiger charge is -2.21. The maximum Gasteiger partial charge on any atom is 0.165 e. The molecule has 0 atom stereocenters.